The first-order valence-electron chi connectivity index (χ1n) is 6.78. The average Bonchev–Trinajstić information content (AvgIpc) is 2.46. The largest absolute Gasteiger partial charge is 0.467 e. The number of ether oxygens (including phenoxy) is 4. The van der Waals surface area contributed by atoms with E-state index in [4.69, 9.17) is 14.7 Å². The molecular formula is C14H22N2O7. The topological polar surface area (TPSA) is 124 Å². The zero-order valence-electron chi connectivity index (χ0n) is 13.9. The lowest BCUT2D eigenvalue weighted by molar-refractivity contribution is -0.155. The van der Waals surface area contributed by atoms with Crippen LogP contribution in [0.3, 0.4) is 0 Å². The zero-order valence-corrected chi connectivity index (χ0v) is 13.9. The van der Waals surface area contributed by atoms with Crippen LogP contribution in [-0.2, 0) is 28.5 Å². The van der Waals surface area contributed by atoms with Crippen LogP contribution in [0.4, 0.5) is 4.79 Å². The lowest BCUT2D eigenvalue weighted by Gasteiger charge is -2.24. The molecule has 0 radical (unpaired) electrons. The molecule has 2 atom stereocenters. The number of nitrogens with one attached hydrogen (secondary N) is 1. The lowest BCUT2D eigenvalue weighted by atomic mass is 10.1. The van der Waals surface area contributed by atoms with Crippen molar-refractivity contribution < 1.29 is 33.3 Å². The van der Waals surface area contributed by atoms with Crippen LogP contribution in [0.2, 0.25) is 0 Å². The zero-order chi connectivity index (χ0) is 18.0. The minimum atomic E-state index is -1.21. The Morgan fingerprint density at radius 2 is 1.70 bits per heavy atom. The van der Waals surface area contributed by atoms with Gasteiger partial charge in [0.2, 0.25) is 0 Å². The van der Waals surface area contributed by atoms with Gasteiger partial charge in [0, 0.05) is 6.42 Å². The van der Waals surface area contributed by atoms with E-state index < -0.39 is 35.8 Å². The maximum absolute atomic E-state index is 11.8. The summed E-state index contributed by atoms with van der Waals surface area (Å²) in [6.07, 6.45) is -2.32. The molecule has 0 aromatic heterocycles. The Bertz CT molecular complexity index is 465. The number of rotatable bonds is 7. The van der Waals surface area contributed by atoms with Crippen LogP contribution in [0.15, 0.2) is 0 Å². The van der Waals surface area contributed by atoms with Crippen molar-refractivity contribution in [3.63, 3.8) is 0 Å². The molecule has 0 heterocycles. The minimum absolute atomic E-state index is 0.264. The molecule has 9 nitrogen and oxygen atoms in total. The summed E-state index contributed by atoms with van der Waals surface area (Å²) >= 11 is 0. The Hall–Kier alpha value is -2.34. The van der Waals surface area contributed by atoms with Gasteiger partial charge >= 0.3 is 18.0 Å². The predicted molar refractivity (Wildman–Crippen MR) is 77.2 cm³/mol. The molecule has 1 amide bonds. The summed E-state index contributed by atoms with van der Waals surface area (Å²) in [7, 11) is 2.27. The molecule has 0 saturated carbocycles. The van der Waals surface area contributed by atoms with Crippen LogP contribution in [0.25, 0.3) is 0 Å². The Morgan fingerprint density at radius 3 is 2.13 bits per heavy atom. The van der Waals surface area contributed by atoms with E-state index >= 15 is 0 Å². The summed E-state index contributed by atoms with van der Waals surface area (Å²) in [4.78, 5) is 35.2. The fraction of sp³-hybridized carbons (Fsp3) is 0.714. The summed E-state index contributed by atoms with van der Waals surface area (Å²) in [6.45, 7) is 4.60. The Labute approximate surface area is 134 Å². The molecule has 0 rings (SSSR count). The van der Waals surface area contributed by atoms with E-state index in [9.17, 15) is 14.4 Å². The fourth-order valence-electron chi connectivity index (χ4n) is 1.52. The maximum Gasteiger partial charge on any atom is 0.408 e. The SMILES string of the molecule is COC(=O)[C@H](C[C@H](OCC#N)C(=O)OC)NC(=O)OC(C)(C)C. The number of hydrogen-bond acceptors (Lipinski definition) is 8. The molecule has 0 aliphatic carbocycles. The van der Waals surface area contributed by atoms with Gasteiger partial charge in [0.25, 0.3) is 0 Å². The predicted octanol–water partition coefficient (Wildman–Crippen LogP) is 0.525. The lowest BCUT2D eigenvalue weighted by Crippen LogP contribution is -2.47. The van der Waals surface area contributed by atoms with E-state index in [1.165, 1.54) is 0 Å². The maximum atomic E-state index is 11.8. The van der Waals surface area contributed by atoms with E-state index in [-0.39, 0.29) is 13.0 Å². The van der Waals surface area contributed by atoms with E-state index in [0.29, 0.717) is 0 Å². The monoisotopic (exact) mass is 330 g/mol. The molecule has 0 aromatic carbocycles. The number of methoxy groups -OCH3 is 2. The van der Waals surface area contributed by atoms with Gasteiger partial charge in [0.1, 0.15) is 18.2 Å². The molecule has 0 fully saturated rings. The molecule has 130 valence electrons. The van der Waals surface area contributed by atoms with Gasteiger partial charge in [-0.15, -0.1) is 0 Å². The van der Waals surface area contributed by atoms with Crippen molar-refractivity contribution in [2.24, 2.45) is 0 Å². The Kier molecular flexibility index (Phi) is 8.65. The molecule has 0 aliphatic heterocycles. The quantitative estimate of drug-likeness (QED) is 0.529. The number of nitriles is 1. The highest BCUT2D eigenvalue weighted by atomic mass is 16.6. The molecule has 0 aromatic rings. The molecule has 1 N–H and O–H groups in total. The average molecular weight is 330 g/mol. The highest BCUT2D eigenvalue weighted by Gasteiger charge is 2.31. The van der Waals surface area contributed by atoms with Crippen LogP contribution in [0, 0.1) is 11.3 Å². The van der Waals surface area contributed by atoms with Crippen molar-refractivity contribution in [1.82, 2.24) is 5.32 Å². The van der Waals surface area contributed by atoms with Gasteiger partial charge < -0.3 is 24.3 Å². The number of carbonyl (C=O) groups is 3. The first-order valence-corrected chi connectivity index (χ1v) is 6.78. The van der Waals surface area contributed by atoms with Crippen molar-refractivity contribution in [2.75, 3.05) is 20.8 Å². The van der Waals surface area contributed by atoms with E-state index in [0.717, 1.165) is 14.2 Å². The van der Waals surface area contributed by atoms with Crippen molar-refractivity contribution in [2.45, 2.75) is 44.9 Å². The summed E-state index contributed by atoms with van der Waals surface area (Å²) in [5.74, 6) is -1.56. The van der Waals surface area contributed by atoms with Gasteiger partial charge in [-0.3, -0.25) is 0 Å². The van der Waals surface area contributed by atoms with E-state index in [1.807, 2.05) is 0 Å². The first kappa shape index (κ1) is 20.7. The van der Waals surface area contributed by atoms with E-state index in [2.05, 4.69) is 14.8 Å². The number of alkyl carbamates (subject to hydrolysis) is 1. The van der Waals surface area contributed by atoms with Gasteiger partial charge in [-0.1, -0.05) is 0 Å². The Balaban J connectivity index is 5.00. The number of carbonyl (C=O) groups excluding carboxylic acids is 3. The molecule has 0 spiro atoms. The standard InChI is InChI=1S/C14H22N2O7/c1-14(2,3)23-13(19)16-9(11(17)20-4)8-10(12(18)21-5)22-7-6-15/h9-10H,7-8H2,1-5H3,(H,16,19)/t9-,10-/m0/s1. The number of amides is 1. The summed E-state index contributed by atoms with van der Waals surface area (Å²) in [6, 6.07) is 0.511. The van der Waals surface area contributed by atoms with Crippen LogP contribution in [0.5, 0.6) is 0 Å². The number of nitrogens with zero attached hydrogens (tertiary/aromatic N) is 1. The second-order valence-electron chi connectivity index (χ2n) is 5.44. The molecule has 0 bridgehead atoms. The summed E-state index contributed by atoms with van der Waals surface area (Å²) in [5, 5.41) is 10.8. The van der Waals surface area contributed by atoms with Crippen LogP contribution in [0.1, 0.15) is 27.2 Å². The Morgan fingerprint density at radius 1 is 1.13 bits per heavy atom. The van der Waals surface area contributed by atoms with Gasteiger partial charge in [-0.25, -0.2) is 14.4 Å². The molecule has 0 saturated heterocycles. The molecule has 23 heavy (non-hydrogen) atoms. The van der Waals surface area contributed by atoms with E-state index in [1.54, 1.807) is 26.8 Å². The minimum Gasteiger partial charge on any atom is -0.467 e. The van der Waals surface area contributed by atoms with Crippen molar-refractivity contribution in [3.05, 3.63) is 0 Å². The summed E-state index contributed by atoms with van der Waals surface area (Å²) < 4.78 is 19.2. The highest BCUT2D eigenvalue weighted by Crippen LogP contribution is 2.10. The highest BCUT2D eigenvalue weighted by molar-refractivity contribution is 5.83. The van der Waals surface area contributed by atoms with Gasteiger partial charge in [-0.2, -0.15) is 5.26 Å². The van der Waals surface area contributed by atoms with Crippen LogP contribution >= 0.6 is 0 Å². The third-order valence-electron chi connectivity index (χ3n) is 2.44. The van der Waals surface area contributed by atoms with Gasteiger partial charge in [-0.05, 0) is 20.8 Å². The van der Waals surface area contributed by atoms with Crippen LogP contribution < -0.4 is 5.32 Å². The third kappa shape index (κ3) is 8.63. The first-order chi connectivity index (χ1) is 10.6. The number of hydrogen-bond donors (Lipinski definition) is 1. The number of esters is 2. The van der Waals surface area contributed by atoms with Gasteiger partial charge in [0.15, 0.2) is 6.10 Å². The molecule has 0 unspecified atom stereocenters. The fourth-order valence-corrected chi connectivity index (χ4v) is 1.52. The molecule has 9 heteroatoms. The van der Waals surface area contributed by atoms with Crippen molar-refractivity contribution in [3.8, 4) is 6.07 Å². The molecular weight excluding hydrogens is 308 g/mol. The van der Waals surface area contributed by atoms with Crippen molar-refractivity contribution in [1.29, 1.82) is 5.26 Å². The van der Waals surface area contributed by atoms with Gasteiger partial charge in [0.05, 0.1) is 20.3 Å². The smallest absolute Gasteiger partial charge is 0.408 e. The third-order valence-corrected chi connectivity index (χ3v) is 2.44. The van der Waals surface area contributed by atoms with Crippen LogP contribution in [-0.4, -0.2) is 56.6 Å². The summed E-state index contributed by atoms with van der Waals surface area (Å²) in [5.41, 5.74) is -0.760. The second kappa shape index (κ2) is 9.63. The normalized spacial score (nSPS) is 13.2. The van der Waals surface area contributed by atoms with Crippen molar-refractivity contribution >= 4 is 18.0 Å². The second-order valence-corrected chi connectivity index (χ2v) is 5.44. The molecule has 0 aliphatic rings.